The topological polar surface area (TPSA) is 50.6 Å². The molecule has 1 aliphatic rings. The van der Waals surface area contributed by atoms with E-state index >= 15 is 0 Å². The molecule has 1 saturated heterocycles. The lowest BCUT2D eigenvalue weighted by atomic mass is 10.1. The Hall–Kier alpha value is -1.77. The van der Waals surface area contributed by atoms with Gasteiger partial charge in [-0.1, -0.05) is 0 Å². The maximum Gasteiger partial charge on any atom is 0.410 e. The van der Waals surface area contributed by atoms with Crippen molar-refractivity contribution in [3.63, 3.8) is 0 Å². The van der Waals surface area contributed by atoms with Gasteiger partial charge in [0.2, 0.25) is 0 Å². The van der Waals surface area contributed by atoms with Crippen molar-refractivity contribution in [2.75, 3.05) is 26.2 Å². The second kappa shape index (κ2) is 6.62. The maximum atomic E-state index is 12.8. The number of ether oxygens (including phenoxy) is 1. The number of hydrogen-bond acceptors (Lipinski definition) is 4. The molecular formula is C15H23F3N4O2. The molecule has 0 bridgehead atoms. The Kier molecular flexibility index (Phi) is 5.12. The molecule has 0 N–H and O–H groups in total. The van der Waals surface area contributed by atoms with E-state index in [9.17, 15) is 18.0 Å². The van der Waals surface area contributed by atoms with E-state index in [1.54, 1.807) is 34.0 Å². The van der Waals surface area contributed by atoms with Crippen molar-refractivity contribution in [1.82, 2.24) is 19.6 Å². The highest BCUT2D eigenvalue weighted by atomic mass is 19.4. The molecule has 1 aromatic heterocycles. The quantitative estimate of drug-likeness (QED) is 0.824. The second-order valence-corrected chi connectivity index (χ2v) is 6.98. The minimum atomic E-state index is -4.30. The number of rotatable bonds is 2. The summed E-state index contributed by atoms with van der Waals surface area (Å²) < 4.78 is 45.4. The van der Waals surface area contributed by atoms with E-state index in [4.69, 9.17) is 4.74 Å². The van der Waals surface area contributed by atoms with Gasteiger partial charge in [0.25, 0.3) is 0 Å². The van der Waals surface area contributed by atoms with Crippen LogP contribution in [0.4, 0.5) is 18.0 Å². The van der Waals surface area contributed by atoms with E-state index in [0.29, 0.717) is 5.56 Å². The Bertz CT molecular complexity index is 580. The summed E-state index contributed by atoms with van der Waals surface area (Å²) in [4.78, 5) is 15.0. The van der Waals surface area contributed by atoms with Crippen molar-refractivity contribution in [2.45, 2.75) is 38.6 Å². The van der Waals surface area contributed by atoms with E-state index in [1.807, 2.05) is 0 Å². The third kappa shape index (κ3) is 5.12. The van der Waals surface area contributed by atoms with Gasteiger partial charge >= 0.3 is 12.3 Å². The van der Waals surface area contributed by atoms with Gasteiger partial charge in [0.15, 0.2) is 0 Å². The first-order chi connectivity index (χ1) is 10.9. The third-order valence-electron chi connectivity index (χ3n) is 3.63. The Morgan fingerprint density at radius 1 is 1.33 bits per heavy atom. The summed E-state index contributed by atoms with van der Waals surface area (Å²) in [6.07, 6.45) is -1.60. The van der Waals surface area contributed by atoms with Gasteiger partial charge in [-0.15, -0.1) is 0 Å². The highest BCUT2D eigenvalue weighted by Crippen LogP contribution is 2.29. The standard InChI is InChI=1S/C15H23F3N4O2/c1-14(2,3)24-13(23)21-5-6-22(10-15(16,17)18)12(9-21)11-7-19-20(4)8-11/h7-8,12H,5-6,9-10H2,1-4H3. The molecule has 24 heavy (non-hydrogen) atoms. The van der Waals surface area contributed by atoms with Gasteiger partial charge in [0.05, 0.1) is 18.8 Å². The SMILES string of the molecule is Cn1cc(C2CN(C(=O)OC(C)(C)C)CCN2CC(F)(F)F)cn1. The van der Waals surface area contributed by atoms with Crippen LogP contribution in [0.15, 0.2) is 12.4 Å². The summed E-state index contributed by atoms with van der Waals surface area (Å²) in [7, 11) is 1.70. The number of alkyl halides is 3. The first kappa shape index (κ1) is 18.6. The number of carbonyl (C=O) groups is 1. The highest BCUT2D eigenvalue weighted by Gasteiger charge is 2.39. The van der Waals surface area contributed by atoms with Gasteiger partial charge in [-0.2, -0.15) is 18.3 Å². The van der Waals surface area contributed by atoms with Crippen molar-refractivity contribution in [3.8, 4) is 0 Å². The molecule has 0 radical (unpaired) electrons. The van der Waals surface area contributed by atoms with Crippen molar-refractivity contribution >= 4 is 6.09 Å². The molecule has 0 aromatic carbocycles. The molecule has 0 aliphatic carbocycles. The number of piperazine rings is 1. The Morgan fingerprint density at radius 3 is 2.50 bits per heavy atom. The fourth-order valence-electron chi connectivity index (χ4n) is 2.66. The normalized spacial score (nSPS) is 20.3. The lowest BCUT2D eigenvalue weighted by Gasteiger charge is -2.41. The van der Waals surface area contributed by atoms with E-state index < -0.39 is 30.5 Å². The number of nitrogens with zero attached hydrogens (tertiary/aromatic N) is 4. The first-order valence-electron chi connectivity index (χ1n) is 7.72. The minimum absolute atomic E-state index is 0.123. The van der Waals surface area contributed by atoms with Crippen molar-refractivity contribution in [1.29, 1.82) is 0 Å². The lowest BCUT2D eigenvalue weighted by molar-refractivity contribution is -0.155. The summed E-state index contributed by atoms with van der Waals surface area (Å²) in [5, 5.41) is 4.03. The summed E-state index contributed by atoms with van der Waals surface area (Å²) >= 11 is 0. The van der Waals surface area contributed by atoms with Crippen LogP contribution >= 0.6 is 0 Å². The van der Waals surface area contributed by atoms with E-state index in [2.05, 4.69) is 5.10 Å². The molecule has 0 saturated carbocycles. The fourth-order valence-corrected chi connectivity index (χ4v) is 2.66. The maximum absolute atomic E-state index is 12.8. The van der Waals surface area contributed by atoms with Gasteiger partial charge < -0.3 is 9.64 Å². The summed E-state index contributed by atoms with van der Waals surface area (Å²) in [6.45, 7) is 4.70. The minimum Gasteiger partial charge on any atom is -0.444 e. The van der Waals surface area contributed by atoms with Crippen molar-refractivity contribution in [3.05, 3.63) is 18.0 Å². The molecule has 1 aliphatic heterocycles. The number of carbonyl (C=O) groups excluding carboxylic acids is 1. The van der Waals surface area contributed by atoms with E-state index in [0.717, 1.165) is 0 Å². The molecule has 9 heteroatoms. The van der Waals surface area contributed by atoms with Crippen molar-refractivity contribution < 1.29 is 22.7 Å². The van der Waals surface area contributed by atoms with Gasteiger partial charge in [-0.05, 0) is 20.8 Å². The Labute approximate surface area is 139 Å². The zero-order chi connectivity index (χ0) is 18.1. The third-order valence-corrected chi connectivity index (χ3v) is 3.63. The van der Waals surface area contributed by atoms with Crippen LogP contribution in [-0.4, -0.2) is 63.6 Å². The zero-order valence-corrected chi connectivity index (χ0v) is 14.3. The smallest absolute Gasteiger partial charge is 0.410 e. The van der Waals surface area contributed by atoms with Gasteiger partial charge in [0, 0.05) is 38.4 Å². The van der Waals surface area contributed by atoms with Crippen molar-refractivity contribution in [2.24, 2.45) is 7.05 Å². The van der Waals surface area contributed by atoms with Crippen LogP contribution in [-0.2, 0) is 11.8 Å². The first-order valence-corrected chi connectivity index (χ1v) is 7.72. The number of halogens is 3. The molecular weight excluding hydrogens is 325 g/mol. The monoisotopic (exact) mass is 348 g/mol. The van der Waals surface area contributed by atoms with Crippen LogP contribution in [0, 0.1) is 0 Å². The molecule has 1 amide bonds. The summed E-state index contributed by atoms with van der Waals surface area (Å²) in [5.74, 6) is 0. The van der Waals surface area contributed by atoms with Crippen LogP contribution in [0.1, 0.15) is 32.4 Å². The fraction of sp³-hybridized carbons (Fsp3) is 0.733. The highest BCUT2D eigenvalue weighted by molar-refractivity contribution is 5.68. The second-order valence-electron chi connectivity index (χ2n) is 6.98. The van der Waals surface area contributed by atoms with Gasteiger partial charge in [-0.25, -0.2) is 4.79 Å². The molecule has 2 rings (SSSR count). The van der Waals surface area contributed by atoms with Crippen LogP contribution < -0.4 is 0 Å². The molecule has 2 heterocycles. The van der Waals surface area contributed by atoms with E-state index in [1.165, 1.54) is 20.7 Å². The summed E-state index contributed by atoms with van der Waals surface area (Å²) in [6, 6.07) is -0.568. The average molecular weight is 348 g/mol. The molecule has 0 spiro atoms. The number of aromatic nitrogens is 2. The number of hydrogen-bond donors (Lipinski definition) is 0. The Balaban J connectivity index is 2.16. The lowest BCUT2D eigenvalue weighted by Crippen LogP contribution is -2.53. The number of amides is 1. The molecule has 1 atom stereocenters. The molecule has 136 valence electrons. The van der Waals surface area contributed by atoms with Crippen LogP contribution in [0.2, 0.25) is 0 Å². The van der Waals surface area contributed by atoms with Gasteiger partial charge in [0.1, 0.15) is 5.60 Å². The van der Waals surface area contributed by atoms with Gasteiger partial charge in [-0.3, -0.25) is 9.58 Å². The number of aryl methyl sites for hydroxylation is 1. The predicted molar refractivity (Wildman–Crippen MR) is 81.4 cm³/mol. The average Bonchev–Trinajstić information content (AvgIpc) is 2.81. The van der Waals surface area contributed by atoms with Crippen LogP contribution in [0.5, 0.6) is 0 Å². The predicted octanol–water partition coefficient (Wildman–Crippen LogP) is 2.58. The van der Waals surface area contributed by atoms with Crippen LogP contribution in [0.3, 0.4) is 0 Å². The largest absolute Gasteiger partial charge is 0.444 e. The zero-order valence-electron chi connectivity index (χ0n) is 14.3. The van der Waals surface area contributed by atoms with E-state index in [-0.39, 0.29) is 19.6 Å². The molecule has 6 nitrogen and oxygen atoms in total. The molecule has 1 fully saturated rings. The summed E-state index contributed by atoms with van der Waals surface area (Å²) in [5.41, 5.74) is -0.000667. The Morgan fingerprint density at radius 2 is 2.00 bits per heavy atom. The molecule has 1 aromatic rings. The molecule has 1 unspecified atom stereocenters. The van der Waals surface area contributed by atoms with Crippen LogP contribution in [0.25, 0.3) is 0 Å².